The van der Waals surface area contributed by atoms with Crippen LogP contribution in [0.4, 0.5) is 14.6 Å². The Hall–Kier alpha value is -3.79. The summed E-state index contributed by atoms with van der Waals surface area (Å²) in [6, 6.07) is 3.72. The van der Waals surface area contributed by atoms with Gasteiger partial charge in [-0.25, -0.2) is 13.8 Å². The number of anilines is 1. The molecule has 1 amide bonds. The van der Waals surface area contributed by atoms with Crippen LogP contribution < -0.4 is 5.32 Å². The van der Waals surface area contributed by atoms with Gasteiger partial charge in [-0.05, 0) is 18.6 Å². The highest BCUT2D eigenvalue weighted by atomic mass is 35.5. The maximum absolute atomic E-state index is 15.4. The molecule has 0 spiro atoms. The smallest absolute Gasteiger partial charge is 0.231 e. The van der Waals surface area contributed by atoms with E-state index in [1.807, 2.05) is 29.1 Å². The zero-order valence-corrected chi connectivity index (χ0v) is 17.7. The molecule has 11 heteroatoms. The van der Waals surface area contributed by atoms with E-state index in [9.17, 15) is 9.18 Å². The number of H-pyrrole nitrogens is 1. The van der Waals surface area contributed by atoms with Crippen LogP contribution in [0.1, 0.15) is 12.0 Å². The van der Waals surface area contributed by atoms with Crippen LogP contribution in [0.5, 0.6) is 0 Å². The van der Waals surface area contributed by atoms with E-state index >= 15 is 4.39 Å². The fourth-order valence-corrected chi connectivity index (χ4v) is 4.29. The number of alkyl halides is 1. The van der Waals surface area contributed by atoms with Crippen LogP contribution in [0.2, 0.25) is 5.02 Å². The Morgan fingerprint density at radius 1 is 1.27 bits per heavy atom. The van der Waals surface area contributed by atoms with Crippen molar-refractivity contribution in [2.75, 3.05) is 5.32 Å². The average molecular weight is 468 g/mol. The molecule has 1 aromatic carbocycles. The van der Waals surface area contributed by atoms with E-state index in [2.05, 4.69) is 25.5 Å². The van der Waals surface area contributed by atoms with Crippen LogP contribution in [0.15, 0.2) is 49.3 Å². The predicted octanol–water partition coefficient (Wildman–Crippen LogP) is 4.21. The van der Waals surface area contributed by atoms with Gasteiger partial charge < -0.3 is 14.3 Å². The standard InChI is InChI=1S/C22H16ClF2N7O/c23-19-18(12-6-27-30-21(12)13(20(19)25)8-31-3-1-2-4-31)15-9-32-10-16(28-17(32)7-26-15)29-22(33)11-5-14(11)24/h1-4,6-7,9-11,14H,5,8H2,(H,27,30)(H,29,33). The number of carbonyl (C=O) groups is 1. The van der Waals surface area contributed by atoms with Crippen molar-refractivity contribution in [3.8, 4) is 11.3 Å². The lowest BCUT2D eigenvalue weighted by Crippen LogP contribution is -2.15. The number of aromatic nitrogens is 6. The Kier molecular flexibility index (Phi) is 4.44. The number of halogens is 3. The Balaban J connectivity index is 1.41. The second kappa shape index (κ2) is 7.38. The van der Waals surface area contributed by atoms with E-state index in [4.69, 9.17) is 11.6 Å². The summed E-state index contributed by atoms with van der Waals surface area (Å²) in [5, 5.41) is 10.2. The summed E-state index contributed by atoms with van der Waals surface area (Å²) in [7, 11) is 0. The molecule has 1 aliphatic carbocycles. The first-order valence-electron chi connectivity index (χ1n) is 10.2. The third kappa shape index (κ3) is 3.34. The minimum atomic E-state index is -1.09. The number of benzene rings is 1. The summed E-state index contributed by atoms with van der Waals surface area (Å²) in [5.41, 5.74) is 2.20. The summed E-state index contributed by atoms with van der Waals surface area (Å²) >= 11 is 6.51. The van der Waals surface area contributed by atoms with E-state index in [0.717, 1.165) is 0 Å². The number of amides is 1. The van der Waals surface area contributed by atoms with Gasteiger partial charge in [0.1, 0.15) is 12.0 Å². The van der Waals surface area contributed by atoms with Crippen LogP contribution in [-0.4, -0.2) is 41.2 Å². The van der Waals surface area contributed by atoms with E-state index in [1.165, 1.54) is 6.20 Å². The third-order valence-corrected chi connectivity index (χ3v) is 6.15. The van der Waals surface area contributed by atoms with Gasteiger partial charge in [0.05, 0.1) is 47.3 Å². The molecule has 0 radical (unpaired) electrons. The van der Waals surface area contributed by atoms with Gasteiger partial charge in [-0.2, -0.15) is 5.10 Å². The van der Waals surface area contributed by atoms with Crippen molar-refractivity contribution >= 4 is 39.9 Å². The zero-order chi connectivity index (χ0) is 22.7. The minimum Gasteiger partial charge on any atom is -0.350 e. The number of carbonyl (C=O) groups excluding carboxylic acids is 1. The van der Waals surface area contributed by atoms with Gasteiger partial charge in [-0.1, -0.05) is 11.6 Å². The van der Waals surface area contributed by atoms with Gasteiger partial charge >= 0.3 is 0 Å². The van der Waals surface area contributed by atoms with Gasteiger partial charge in [0, 0.05) is 35.1 Å². The van der Waals surface area contributed by atoms with Crippen molar-refractivity contribution in [1.82, 2.24) is 29.1 Å². The molecule has 0 bridgehead atoms. The van der Waals surface area contributed by atoms with Gasteiger partial charge in [0.2, 0.25) is 5.91 Å². The van der Waals surface area contributed by atoms with E-state index in [0.29, 0.717) is 33.4 Å². The topological polar surface area (TPSA) is 92.9 Å². The Labute approximate surface area is 190 Å². The van der Waals surface area contributed by atoms with Crippen LogP contribution in [0.25, 0.3) is 27.8 Å². The van der Waals surface area contributed by atoms with Crippen LogP contribution in [-0.2, 0) is 11.3 Å². The molecule has 2 unspecified atom stereocenters. The number of aromatic amines is 1. The second-order valence-corrected chi connectivity index (χ2v) is 8.39. The summed E-state index contributed by atoms with van der Waals surface area (Å²) in [6.07, 6.45) is 9.13. The number of hydrogen-bond acceptors (Lipinski definition) is 4. The number of nitrogens with one attached hydrogen (secondary N) is 2. The largest absolute Gasteiger partial charge is 0.350 e. The SMILES string of the molecule is O=C(Nc1cn2cc(-c3c(Cl)c(F)c(Cn4cccc4)c4[nH]ncc34)ncc2n1)C1CC1F. The quantitative estimate of drug-likeness (QED) is 0.405. The van der Waals surface area contributed by atoms with Crippen LogP contribution in [0.3, 0.4) is 0 Å². The summed E-state index contributed by atoms with van der Waals surface area (Å²) in [5.74, 6) is -1.29. The Morgan fingerprint density at radius 2 is 2.06 bits per heavy atom. The summed E-state index contributed by atoms with van der Waals surface area (Å²) in [6.45, 7) is 0.287. The lowest BCUT2D eigenvalue weighted by Gasteiger charge is -2.13. The molecule has 2 atom stereocenters. The van der Waals surface area contributed by atoms with Crippen molar-refractivity contribution in [3.63, 3.8) is 0 Å². The van der Waals surface area contributed by atoms with Crippen molar-refractivity contribution in [1.29, 1.82) is 0 Å². The van der Waals surface area contributed by atoms with E-state index < -0.39 is 23.8 Å². The maximum atomic E-state index is 15.4. The molecule has 1 fully saturated rings. The first-order chi connectivity index (χ1) is 16.0. The molecule has 1 saturated carbocycles. The maximum Gasteiger partial charge on any atom is 0.231 e. The molecule has 4 aromatic heterocycles. The molecule has 2 N–H and O–H groups in total. The molecule has 8 nitrogen and oxygen atoms in total. The molecular formula is C22H16ClF2N7O. The minimum absolute atomic E-state index is 0.0609. The van der Waals surface area contributed by atoms with Gasteiger partial charge in [-0.15, -0.1) is 0 Å². The van der Waals surface area contributed by atoms with E-state index in [1.54, 1.807) is 23.0 Å². The highest BCUT2D eigenvalue weighted by Crippen LogP contribution is 2.39. The van der Waals surface area contributed by atoms with Gasteiger partial charge in [0.25, 0.3) is 0 Å². The lowest BCUT2D eigenvalue weighted by atomic mass is 10.0. The predicted molar refractivity (Wildman–Crippen MR) is 118 cm³/mol. The van der Waals surface area contributed by atoms with Crippen molar-refractivity contribution in [2.24, 2.45) is 5.92 Å². The Morgan fingerprint density at radius 3 is 2.82 bits per heavy atom. The number of imidazole rings is 1. The second-order valence-electron chi connectivity index (χ2n) is 8.01. The summed E-state index contributed by atoms with van der Waals surface area (Å²) in [4.78, 5) is 20.7. The zero-order valence-electron chi connectivity index (χ0n) is 17.0. The molecular weight excluding hydrogens is 452 g/mol. The van der Waals surface area contributed by atoms with Gasteiger partial charge in [0.15, 0.2) is 11.5 Å². The molecule has 33 heavy (non-hydrogen) atoms. The number of rotatable bonds is 5. The number of hydrogen-bond donors (Lipinski definition) is 2. The third-order valence-electron chi connectivity index (χ3n) is 5.79. The molecule has 5 aromatic rings. The monoisotopic (exact) mass is 467 g/mol. The molecule has 0 saturated heterocycles. The molecule has 166 valence electrons. The van der Waals surface area contributed by atoms with Crippen LogP contribution >= 0.6 is 11.6 Å². The number of nitrogens with zero attached hydrogens (tertiary/aromatic N) is 5. The molecule has 0 aliphatic heterocycles. The fourth-order valence-electron chi connectivity index (χ4n) is 3.98. The highest BCUT2D eigenvalue weighted by Gasteiger charge is 2.43. The highest BCUT2D eigenvalue weighted by molar-refractivity contribution is 6.35. The normalized spacial score (nSPS) is 17.7. The molecule has 6 rings (SSSR count). The van der Waals surface area contributed by atoms with Crippen molar-refractivity contribution in [3.05, 3.63) is 65.7 Å². The summed E-state index contributed by atoms with van der Waals surface area (Å²) < 4.78 is 32.0. The molecule has 4 heterocycles. The number of fused-ring (bicyclic) bond motifs is 2. The first-order valence-corrected chi connectivity index (χ1v) is 10.6. The van der Waals surface area contributed by atoms with Crippen LogP contribution in [0, 0.1) is 11.7 Å². The lowest BCUT2D eigenvalue weighted by molar-refractivity contribution is -0.117. The van der Waals surface area contributed by atoms with E-state index in [-0.39, 0.29) is 23.8 Å². The van der Waals surface area contributed by atoms with Crippen molar-refractivity contribution < 1.29 is 13.6 Å². The van der Waals surface area contributed by atoms with Gasteiger partial charge in [-0.3, -0.25) is 14.9 Å². The fraction of sp³-hybridized carbons (Fsp3) is 0.182. The molecule has 1 aliphatic rings. The first kappa shape index (κ1) is 19.9. The average Bonchev–Trinajstić information content (AvgIpc) is 3.22. The Bertz CT molecular complexity index is 1530. The van der Waals surface area contributed by atoms with Crippen molar-refractivity contribution in [2.45, 2.75) is 19.1 Å².